The van der Waals surface area contributed by atoms with Crippen molar-refractivity contribution >= 4 is 17.2 Å². The number of thiophene rings is 1. The number of aromatic nitrogens is 3. The molecule has 6 nitrogen and oxygen atoms in total. The van der Waals surface area contributed by atoms with Gasteiger partial charge in [0.1, 0.15) is 11.6 Å². The lowest BCUT2D eigenvalue weighted by atomic mass is 9.95. The first kappa shape index (κ1) is 20.5. The first-order valence-electron chi connectivity index (χ1n) is 10.9. The van der Waals surface area contributed by atoms with Crippen molar-refractivity contribution in [3.05, 3.63) is 34.0 Å². The second-order valence-electron chi connectivity index (χ2n) is 8.94. The van der Waals surface area contributed by atoms with Gasteiger partial charge in [0.25, 0.3) is 0 Å². The summed E-state index contributed by atoms with van der Waals surface area (Å²) in [4.78, 5) is 15.7. The highest BCUT2D eigenvalue weighted by Crippen LogP contribution is 2.42. The molecule has 2 aliphatic heterocycles. The predicted molar refractivity (Wildman–Crippen MR) is 116 cm³/mol. The van der Waals surface area contributed by atoms with E-state index in [9.17, 15) is 4.79 Å². The smallest absolute Gasteiger partial charge is 0.217 e. The predicted octanol–water partition coefficient (Wildman–Crippen LogP) is 4.21. The van der Waals surface area contributed by atoms with Crippen LogP contribution >= 0.6 is 11.3 Å². The van der Waals surface area contributed by atoms with Crippen LogP contribution in [0.2, 0.25) is 0 Å². The molecule has 3 atom stereocenters. The number of nitrogens with one attached hydrogen (secondary N) is 1. The molecule has 2 aliphatic rings. The van der Waals surface area contributed by atoms with Gasteiger partial charge in [-0.2, -0.15) is 0 Å². The third-order valence-electron chi connectivity index (χ3n) is 6.57. The number of amides is 1. The minimum atomic E-state index is 0.0503. The molecule has 4 rings (SSSR count). The molecule has 4 heterocycles. The van der Waals surface area contributed by atoms with Crippen LogP contribution in [0.5, 0.6) is 0 Å². The molecule has 158 valence electrons. The molecule has 1 amide bonds. The number of aryl methyl sites for hydroxylation is 1. The van der Waals surface area contributed by atoms with E-state index in [0.717, 1.165) is 24.6 Å². The Bertz CT molecular complexity index is 816. The fourth-order valence-electron chi connectivity index (χ4n) is 5.35. The van der Waals surface area contributed by atoms with Crippen LogP contribution in [0, 0.1) is 6.92 Å². The van der Waals surface area contributed by atoms with Crippen LogP contribution in [0.15, 0.2) is 17.5 Å². The van der Waals surface area contributed by atoms with Gasteiger partial charge in [0, 0.05) is 42.4 Å². The van der Waals surface area contributed by atoms with Crippen molar-refractivity contribution in [1.82, 2.24) is 25.0 Å². The van der Waals surface area contributed by atoms with Crippen LogP contribution in [-0.2, 0) is 4.79 Å². The first-order valence-corrected chi connectivity index (χ1v) is 11.8. The molecule has 0 aromatic carbocycles. The average Bonchev–Trinajstić information content (AvgIpc) is 3.37. The number of fused-ring (bicyclic) bond motifs is 2. The van der Waals surface area contributed by atoms with Gasteiger partial charge in [-0.1, -0.05) is 19.9 Å². The van der Waals surface area contributed by atoms with E-state index in [0.29, 0.717) is 24.0 Å². The summed E-state index contributed by atoms with van der Waals surface area (Å²) in [5.41, 5.74) is 0. The largest absolute Gasteiger partial charge is 0.349 e. The van der Waals surface area contributed by atoms with Crippen LogP contribution in [-0.4, -0.2) is 44.2 Å². The number of rotatable bonds is 7. The van der Waals surface area contributed by atoms with Gasteiger partial charge in [-0.25, -0.2) is 0 Å². The Kier molecular flexibility index (Phi) is 6.06. The molecule has 2 unspecified atom stereocenters. The van der Waals surface area contributed by atoms with Gasteiger partial charge in [-0.05, 0) is 50.5 Å². The minimum absolute atomic E-state index is 0.0503. The molecule has 0 spiro atoms. The molecule has 2 fully saturated rings. The van der Waals surface area contributed by atoms with Gasteiger partial charge in [-0.15, -0.1) is 21.5 Å². The molecule has 29 heavy (non-hydrogen) atoms. The van der Waals surface area contributed by atoms with Gasteiger partial charge in [-0.3, -0.25) is 9.69 Å². The zero-order valence-electron chi connectivity index (χ0n) is 18.0. The van der Waals surface area contributed by atoms with E-state index in [1.165, 1.54) is 30.6 Å². The fraction of sp³-hybridized carbons (Fsp3) is 0.682. The SMILES string of the molecule is CC(=O)N[C@@H](CCN1C2CCC1CC(n1c(C)nnc1C(C)C)C2)c1cccs1. The third-order valence-corrected chi connectivity index (χ3v) is 7.56. The quantitative estimate of drug-likeness (QED) is 0.736. The summed E-state index contributed by atoms with van der Waals surface area (Å²) in [6.07, 6.45) is 5.89. The zero-order valence-corrected chi connectivity index (χ0v) is 18.8. The summed E-state index contributed by atoms with van der Waals surface area (Å²) in [6.45, 7) is 9.16. The van der Waals surface area contributed by atoms with Gasteiger partial charge in [0.15, 0.2) is 0 Å². The van der Waals surface area contributed by atoms with Crippen molar-refractivity contribution in [2.75, 3.05) is 6.54 Å². The first-order chi connectivity index (χ1) is 13.9. The van der Waals surface area contributed by atoms with E-state index in [1.807, 2.05) is 0 Å². The summed E-state index contributed by atoms with van der Waals surface area (Å²) in [5, 5.41) is 14.1. The maximum absolute atomic E-state index is 11.7. The number of hydrogen-bond acceptors (Lipinski definition) is 5. The molecule has 0 radical (unpaired) electrons. The van der Waals surface area contributed by atoms with E-state index in [2.05, 4.69) is 63.3 Å². The summed E-state index contributed by atoms with van der Waals surface area (Å²) in [7, 11) is 0. The molecule has 2 aromatic rings. The molecule has 2 aromatic heterocycles. The number of carbonyl (C=O) groups is 1. The monoisotopic (exact) mass is 415 g/mol. The molecular weight excluding hydrogens is 382 g/mol. The van der Waals surface area contributed by atoms with Crippen LogP contribution < -0.4 is 5.32 Å². The summed E-state index contributed by atoms with van der Waals surface area (Å²) in [5.74, 6) is 2.63. The van der Waals surface area contributed by atoms with E-state index in [4.69, 9.17) is 0 Å². The molecular formula is C22H33N5OS. The third kappa shape index (κ3) is 4.26. The number of carbonyl (C=O) groups excluding carboxylic acids is 1. The Labute approximate surface area is 177 Å². The van der Waals surface area contributed by atoms with Crippen molar-refractivity contribution < 1.29 is 4.79 Å². The average molecular weight is 416 g/mol. The van der Waals surface area contributed by atoms with Crippen molar-refractivity contribution in [3.63, 3.8) is 0 Å². The van der Waals surface area contributed by atoms with Gasteiger partial charge in [0.2, 0.25) is 5.91 Å². The van der Waals surface area contributed by atoms with Crippen molar-refractivity contribution in [2.24, 2.45) is 0 Å². The molecule has 1 N–H and O–H groups in total. The molecule has 2 bridgehead atoms. The van der Waals surface area contributed by atoms with Crippen molar-refractivity contribution in [2.45, 2.75) is 89.9 Å². The van der Waals surface area contributed by atoms with Crippen LogP contribution in [0.25, 0.3) is 0 Å². The lowest BCUT2D eigenvalue weighted by Gasteiger charge is -2.40. The Hall–Kier alpha value is -1.73. The van der Waals surface area contributed by atoms with Gasteiger partial charge in [0.05, 0.1) is 6.04 Å². The van der Waals surface area contributed by atoms with Crippen molar-refractivity contribution in [1.29, 1.82) is 0 Å². The van der Waals surface area contributed by atoms with E-state index < -0.39 is 0 Å². The van der Waals surface area contributed by atoms with Crippen molar-refractivity contribution in [3.8, 4) is 0 Å². The second kappa shape index (κ2) is 8.56. The highest BCUT2D eigenvalue weighted by Gasteiger charge is 2.42. The maximum Gasteiger partial charge on any atom is 0.217 e. The summed E-state index contributed by atoms with van der Waals surface area (Å²) < 4.78 is 2.42. The number of piperidine rings is 1. The maximum atomic E-state index is 11.7. The normalized spacial score (nSPS) is 25.5. The van der Waals surface area contributed by atoms with Gasteiger partial charge < -0.3 is 9.88 Å². The Morgan fingerprint density at radius 3 is 2.55 bits per heavy atom. The number of hydrogen-bond donors (Lipinski definition) is 1. The lowest BCUT2D eigenvalue weighted by molar-refractivity contribution is -0.119. The van der Waals surface area contributed by atoms with E-state index in [1.54, 1.807) is 18.3 Å². The molecule has 2 saturated heterocycles. The fourth-order valence-corrected chi connectivity index (χ4v) is 6.16. The minimum Gasteiger partial charge on any atom is -0.349 e. The van der Waals surface area contributed by atoms with Crippen LogP contribution in [0.3, 0.4) is 0 Å². The molecule has 7 heteroatoms. The lowest BCUT2D eigenvalue weighted by Crippen LogP contribution is -2.45. The van der Waals surface area contributed by atoms with Gasteiger partial charge >= 0.3 is 0 Å². The van der Waals surface area contributed by atoms with Crippen LogP contribution in [0.1, 0.15) is 87.4 Å². The van der Waals surface area contributed by atoms with E-state index >= 15 is 0 Å². The topological polar surface area (TPSA) is 63.1 Å². The standard InChI is InChI=1S/C22H33N5OS/c1-14(2)22-25-24-15(3)27(22)19-12-17-7-8-18(13-19)26(17)10-9-20(23-16(4)28)21-6-5-11-29-21/h5-6,11,14,17-20H,7-10,12-13H2,1-4H3,(H,23,28)/t17?,18?,19?,20-/m0/s1. The Morgan fingerprint density at radius 2 is 1.97 bits per heavy atom. The number of nitrogens with zero attached hydrogens (tertiary/aromatic N) is 4. The molecule has 0 saturated carbocycles. The summed E-state index contributed by atoms with van der Waals surface area (Å²) >= 11 is 1.73. The molecule has 0 aliphatic carbocycles. The highest BCUT2D eigenvalue weighted by atomic mass is 32.1. The highest BCUT2D eigenvalue weighted by molar-refractivity contribution is 7.10. The zero-order chi connectivity index (χ0) is 20.5. The Morgan fingerprint density at radius 1 is 1.24 bits per heavy atom. The summed E-state index contributed by atoms with van der Waals surface area (Å²) in [6, 6.07) is 6.09. The van der Waals surface area contributed by atoms with Crippen LogP contribution in [0.4, 0.5) is 0 Å². The van der Waals surface area contributed by atoms with E-state index in [-0.39, 0.29) is 11.9 Å². The Balaban J connectivity index is 1.43. The second-order valence-corrected chi connectivity index (χ2v) is 9.91.